The normalized spacial score (nSPS) is 12.1. The predicted molar refractivity (Wildman–Crippen MR) is 115 cm³/mol. The molecule has 0 spiro atoms. The van der Waals surface area contributed by atoms with Crippen LogP contribution in [0.2, 0.25) is 0 Å². The molecule has 32 heavy (non-hydrogen) atoms. The van der Waals surface area contributed by atoms with Crippen LogP contribution in [0.5, 0.6) is 23.1 Å². The van der Waals surface area contributed by atoms with E-state index in [1.54, 1.807) is 35.7 Å². The lowest BCUT2D eigenvalue weighted by Crippen LogP contribution is -2.24. The number of aromatic nitrogens is 5. The van der Waals surface area contributed by atoms with E-state index < -0.39 is 6.10 Å². The summed E-state index contributed by atoms with van der Waals surface area (Å²) in [6.45, 7) is 5.29. The molecule has 0 aliphatic carbocycles. The summed E-state index contributed by atoms with van der Waals surface area (Å²) in [4.78, 5) is 9.05. The minimum atomic E-state index is -0.803. The van der Waals surface area contributed by atoms with E-state index in [2.05, 4.69) is 15.1 Å². The third-order valence-corrected chi connectivity index (χ3v) is 4.98. The molecule has 1 aromatic carbocycles. The Kier molecular flexibility index (Phi) is 5.54. The van der Waals surface area contributed by atoms with Crippen molar-refractivity contribution in [1.82, 2.24) is 19.6 Å². The van der Waals surface area contributed by atoms with Gasteiger partial charge in [0.05, 0.1) is 37.1 Å². The number of aliphatic hydroxyl groups is 1. The molecular weight excluding hydrogens is 414 g/mol. The molecule has 4 rings (SSSR count). The summed E-state index contributed by atoms with van der Waals surface area (Å²) >= 11 is 0. The second-order valence-electron chi connectivity index (χ2n) is 7.22. The van der Waals surface area contributed by atoms with Crippen molar-refractivity contribution in [3.05, 3.63) is 58.9 Å². The maximum absolute atomic E-state index is 11.8. The summed E-state index contributed by atoms with van der Waals surface area (Å²) in [5.74, 6) is 2.42. The smallest absolute Gasteiger partial charge is 0.249 e. The van der Waals surface area contributed by atoms with Gasteiger partial charge in [-0.25, -0.2) is 9.50 Å². The van der Waals surface area contributed by atoms with E-state index in [0.29, 0.717) is 56.0 Å². The van der Waals surface area contributed by atoms with Crippen LogP contribution in [-0.2, 0) is 0 Å². The summed E-state index contributed by atoms with van der Waals surface area (Å²) in [6, 6.07) is 6.65. The molecule has 1 atom stereocenters. The van der Waals surface area contributed by atoms with Gasteiger partial charge in [-0.2, -0.15) is 9.71 Å². The lowest BCUT2D eigenvalue weighted by Gasteiger charge is -2.17. The van der Waals surface area contributed by atoms with Gasteiger partial charge in [-0.15, -0.1) is 5.10 Å². The Morgan fingerprint density at radius 2 is 1.81 bits per heavy atom. The Balaban J connectivity index is 1.89. The first-order chi connectivity index (χ1) is 15.3. The fourth-order valence-electron chi connectivity index (χ4n) is 3.57. The monoisotopic (exact) mass is 437 g/mol. The van der Waals surface area contributed by atoms with E-state index in [1.807, 2.05) is 13.8 Å². The zero-order valence-corrected chi connectivity index (χ0v) is 18.4. The van der Waals surface area contributed by atoms with E-state index >= 15 is 0 Å². The van der Waals surface area contributed by atoms with Crippen LogP contribution in [0.1, 0.15) is 30.1 Å². The SMILES string of the molecule is COc1cc(Oc2nc(-c3ccc[n+]([O-])c3)nn3c(C)nc(C)c23)cc(OC)c1C(C)O. The number of imidazole rings is 1. The number of aryl methyl sites for hydroxylation is 2. The van der Waals surface area contributed by atoms with E-state index in [4.69, 9.17) is 14.2 Å². The average molecular weight is 437 g/mol. The number of hydrogen-bond acceptors (Lipinski definition) is 8. The molecule has 0 amide bonds. The fourth-order valence-corrected chi connectivity index (χ4v) is 3.57. The second kappa shape index (κ2) is 8.31. The number of ether oxygens (including phenoxy) is 3. The highest BCUT2D eigenvalue weighted by molar-refractivity contribution is 5.65. The van der Waals surface area contributed by atoms with Crippen LogP contribution in [-0.4, -0.2) is 38.9 Å². The summed E-state index contributed by atoms with van der Waals surface area (Å²) in [7, 11) is 3.01. The molecule has 0 radical (unpaired) electrons. The average Bonchev–Trinajstić information content (AvgIpc) is 3.06. The maximum atomic E-state index is 11.8. The zero-order chi connectivity index (χ0) is 23.0. The molecule has 4 aromatic rings. The second-order valence-corrected chi connectivity index (χ2v) is 7.22. The van der Waals surface area contributed by atoms with Gasteiger partial charge in [-0.1, -0.05) is 0 Å². The molecule has 0 fully saturated rings. The molecule has 0 saturated heterocycles. The van der Waals surface area contributed by atoms with Crippen LogP contribution in [0, 0.1) is 19.1 Å². The molecule has 0 saturated carbocycles. The Morgan fingerprint density at radius 3 is 2.41 bits per heavy atom. The standard InChI is InChI=1S/C22H23N5O5/c1-12-20-22(32-16-9-17(30-4)19(13(2)28)18(10-16)31-5)24-21(25-27(20)14(3)23-12)15-7-6-8-26(29)11-15/h6-11,13,28H,1-5H3. The van der Waals surface area contributed by atoms with Gasteiger partial charge >= 0.3 is 0 Å². The van der Waals surface area contributed by atoms with Crippen molar-refractivity contribution in [1.29, 1.82) is 0 Å². The van der Waals surface area contributed by atoms with Crippen molar-refractivity contribution in [3.8, 4) is 34.5 Å². The highest BCUT2D eigenvalue weighted by Crippen LogP contribution is 2.40. The van der Waals surface area contributed by atoms with Crippen molar-refractivity contribution < 1.29 is 24.0 Å². The third-order valence-electron chi connectivity index (χ3n) is 4.98. The Labute approximate surface area is 184 Å². The molecule has 0 bridgehead atoms. The van der Waals surface area contributed by atoms with Crippen molar-refractivity contribution in [2.45, 2.75) is 26.9 Å². The van der Waals surface area contributed by atoms with Crippen molar-refractivity contribution in [2.24, 2.45) is 0 Å². The number of nitrogens with zero attached hydrogens (tertiary/aromatic N) is 5. The van der Waals surface area contributed by atoms with E-state index in [-0.39, 0.29) is 5.88 Å². The van der Waals surface area contributed by atoms with E-state index in [9.17, 15) is 10.3 Å². The molecule has 10 nitrogen and oxygen atoms in total. The third kappa shape index (κ3) is 3.76. The largest absolute Gasteiger partial charge is 0.619 e. The minimum Gasteiger partial charge on any atom is -0.619 e. The number of methoxy groups -OCH3 is 2. The van der Waals surface area contributed by atoms with Crippen molar-refractivity contribution in [3.63, 3.8) is 0 Å². The molecule has 1 N–H and O–H groups in total. The van der Waals surface area contributed by atoms with Gasteiger partial charge in [-0.3, -0.25) is 0 Å². The fraction of sp³-hybridized carbons (Fsp3) is 0.273. The number of benzene rings is 1. The van der Waals surface area contributed by atoms with Gasteiger partial charge < -0.3 is 24.5 Å². The predicted octanol–water partition coefficient (Wildman–Crippen LogP) is 2.90. The molecule has 166 valence electrons. The summed E-state index contributed by atoms with van der Waals surface area (Å²) in [5, 5.41) is 26.4. The number of rotatable bonds is 6. The highest BCUT2D eigenvalue weighted by Gasteiger charge is 2.21. The van der Waals surface area contributed by atoms with Crippen LogP contribution < -0.4 is 18.9 Å². The van der Waals surface area contributed by atoms with Gasteiger partial charge in [0, 0.05) is 18.2 Å². The molecule has 3 aromatic heterocycles. The van der Waals surface area contributed by atoms with Crippen LogP contribution in [0.4, 0.5) is 0 Å². The van der Waals surface area contributed by atoms with Crippen LogP contribution >= 0.6 is 0 Å². The zero-order valence-electron chi connectivity index (χ0n) is 18.4. The molecule has 0 aliphatic heterocycles. The quantitative estimate of drug-likeness (QED) is 0.361. The Hall–Kier alpha value is -3.92. The first-order valence-electron chi connectivity index (χ1n) is 9.87. The number of fused-ring (bicyclic) bond motifs is 1. The van der Waals surface area contributed by atoms with E-state index in [0.717, 1.165) is 0 Å². The molecule has 3 heterocycles. The van der Waals surface area contributed by atoms with Crippen LogP contribution in [0.15, 0.2) is 36.7 Å². The highest BCUT2D eigenvalue weighted by atomic mass is 16.5. The van der Waals surface area contributed by atoms with Gasteiger partial charge in [0.2, 0.25) is 5.88 Å². The lowest BCUT2D eigenvalue weighted by atomic mass is 10.1. The van der Waals surface area contributed by atoms with Gasteiger partial charge in [0.25, 0.3) is 0 Å². The topological polar surface area (TPSA) is 118 Å². The minimum absolute atomic E-state index is 0.253. The van der Waals surface area contributed by atoms with Crippen molar-refractivity contribution >= 4 is 5.52 Å². The Bertz CT molecular complexity index is 1280. The summed E-state index contributed by atoms with van der Waals surface area (Å²) < 4.78 is 19.4. The number of aliphatic hydroxyl groups excluding tert-OH is 1. The molecular formula is C22H23N5O5. The molecule has 10 heteroatoms. The molecule has 0 aliphatic rings. The first kappa shape index (κ1) is 21.3. The maximum Gasteiger partial charge on any atom is 0.249 e. The van der Waals surface area contributed by atoms with E-state index in [1.165, 1.54) is 26.6 Å². The van der Waals surface area contributed by atoms with Crippen LogP contribution in [0.25, 0.3) is 16.9 Å². The first-order valence-corrected chi connectivity index (χ1v) is 9.87. The Morgan fingerprint density at radius 1 is 1.12 bits per heavy atom. The number of hydrogen-bond donors (Lipinski definition) is 1. The number of pyridine rings is 1. The van der Waals surface area contributed by atoms with Crippen molar-refractivity contribution in [2.75, 3.05) is 14.2 Å². The lowest BCUT2D eigenvalue weighted by molar-refractivity contribution is -0.604. The molecule has 1 unspecified atom stereocenters. The van der Waals surface area contributed by atoms with Gasteiger partial charge in [0.1, 0.15) is 23.1 Å². The van der Waals surface area contributed by atoms with Gasteiger partial charge in [-0.05, 0) is 26.8 Å². The van der Waals surface area contributed by atoms with Crippen LogP contribution in [0.3, 0.4) is 0 Å². The van der Waals surface area contributed by atoms with Gasteiger partial charge in [0.15, 0.2) is 23.7 Å². The summed E-state index contributed by atoms with van der Waals surface area (Å²) in [5.41, 5.74) is 2.32. The summed E-state index contributed by atoms with van der Waals surface area (Å²) in [6.07, 6.45) is 1.96.